The van der Waals surface area contributed by atoms with Crippen molar-refractivity contribution >= 4 is 17.1 Å². The van der Waals surface area contributed by atoms with Crippen molar-refractivity contribution < 1.29 is 4.21 Å². The number of hydrogen-bond donors (Lipinski definition) is 0. The number of benzene rings is 1. The molecule has 1 aromatic carbocycles. The second kappa shape index (κ2) is 3.44. The Balaban J connectivity index is 2.55. The van der Waals surface area contributed by atoms with Crippen LogP contribution in [0.4, 0.5) is 0 Å². The first-order valence-electron chi connectivity index (χ1n) is 4.17. The molecule has 2 rings (SSSR count). The maximum atomic E-state index is 11.8. The van der Waals surface area contributed by atoms with Gasteiger partial charge >= 0.3 is 0 Å². The molecule has 1 aromatic rings. The number of fused-ring (bicyclic) bond motifs is 1. The molecule has 0 radical (unpaired) electrons. The minimum Gasteiger partial charge on any atom is -0.237 e. The van der Waals surface area contributed by atoms with E-state index in [-0.39, 0.29) is 0 Å². The molecule has 0 bridgehead atoms. The summed E-state index contributed by atoms with van der Waals surface area (Å²) in [7, 11) is 0.857. The summed E-state index contributed by atoms with van der Waals surface area (Å²) in [6.07, 6.45) is 4.06. The van der Waals surface area contributed by atoms with Gasteiger partial charge in [0.2, 0.25) is 0 Å². The van der Waals surface area contributed by atoms with E-state index in [0.717, 1.165) is 17.0 Å². The predicted molar refractivity (Wildman–Crippen MR) is 54.5 cm³/mol. The number of likely N-dealkylation sites (N-methyl/N-ethyl adjacent to an activating group) is 1. The Hall–Kier alpha value is -0.930. The lowest BCUT2D eigenvalue weighted by Gasteiger charge is -2.11. The highest BCUT2D eigenvalue weighted by molar-refractivity contribution is 7.82. The van der Waals surface area contributed by atoms with Crippen LogP contribution in [0.25, 0.3) is 6.08 Å². The van der Waals surface area contributed by atoms with E-state index >= 15 is 0 Å². The summed E-state index contributed by atoms with van der Waals surface area (Å²) in [5.74, 6) is 0. The molecule has 0 saturated heterocycles. The summed E-state index contributed by atoms with van der Waals surface area (Å²) in [6.45, 7) is 0.737. The van der Waals surface area contributed by atoms with Crippen molar-refractivity contribution in [2.24, 2.45) is 0 Å². The van der Waals surface area contributed by atoms with E-state index in [1.807, 2.05) is 47.8 Å². The third-order valence-corrected chi connectivity index (χ3v) is 3.51. The van der Waals surface area contributed by atoms with Gasteiger partial charge in [-0.05, 0) is 11.6 Å². The molecule has 0 amide bonds. The molecule has 1 aliphatic heterocycles. The lowest BCUT2D eigenvalue weighted by atomic mass is 10.2. The average Bonchev–Trinajstić information content (AvgIpc) is 2.29. The molecule has 2 nitrogen and oxygen atoms in total. The minimum atomic E-state index is -1.01. The smallest absolute Gasteiger partial charge is 0.128 e. The first-order chi connectivity index (χ1) is 6.29. The van der Waals surface area contributed by atoms with E-state index in [9.17, 15) is 4.21 Å². The van der Waals surface area contributed by atoms with E-state index in [1.165, 1.54) is 0 Å². The lowest BCUT2D eigenvalue weighted by Crippen LogP contribution is -2.20. The molecular weight excluding hydrogens is 182 g/mol. The molecule has 0 spiro atoms. The minimum absolute atomic E-state index is 0.737. The summed E-state index contributed by atoms with van der Waals surface area (Å²) in [5, 5.41) is 0. The molecule has 0 saturated carbocycles. The van der Waals surface area contributed by atoms with Crippen LogP contribution in [0, 0.1) is 0 Å². The largest absolute Gasteiger partial charge is 0.237 e. The summed E-state index contributed by atoms with van der Waals surface area (Å²) in [4.78, 5) is 0.902. The van der Waals surface area contributed by atoms with Crippen molar-refractivity contribution in [2.45, 2.75) is 4.90 Å². The molecule has 13 heavy (non-hydrogen) atoms. The van der Waals surface area contributed by atoms with Gasteiger partial charge in [-0.2, -0.15) is 0 Å². The molecule has 1 unspecified atom stereocenters. The van der Waals surface area contributed by atoms with Crippen LogP contribution < -0.4 is 0 Å². The van der Waals surface area contributed by atoms with Crippen molar-refractivity contribution in [1.29, 1.82) is 0 Å². The highest BCUT2D eigenvalue weighted by Crippen LogP contribution is 2.19. The molecule has 1 atom stereocenters. The van der Waals surface area contributed by atoms with Crippen LogP contribution in [0.15, 0.2) is 35.2 Å². The van der Waals surface area contributed by atoms with Crippen LogP contribution in [-0.2, 0) is 11.0 Å². The first kappa shape index (κ1) is 8.66. The van der Waals surface area contributed by atoms with Crippen LogP contribution in [0.3, 0.4) is 0 Å². The van der Waals surface area contributed by atoms with Gasteiger partial charge in [0.1, 0.15) is 11.0 Å². The normalized spacial score (nSPS) is 22.4. The van der Waals surface area contributed by atoms with Gasteiger partial charge in [-0.25, -0.2) is 8.51 Å². The highest BCUT2D eigenvalue weighted by Gasteiger charge is 2.14. The van der Waals surface area contributed by atoms with Gasteiger partial charge in [-0.1, -0.05) is 30.4 Å². The molecule has 0 fully saturated rings. The van der Waals surface area contributed by atoms with Gasteiger partial charge in [0.15, 0.2) is 0 Å². The fourth-order valence-corrected chi connectivity index (χ4v) is 2.43. The zero-order chi connectivity index (χ0) is 9.26. The third-order valence-electron chi connectivity index (χ3n) is 2.05. The fourth-order valence-electron chi connectivity index (χ4n) is 1.34. The van der Waals surface area contributed by atoms with Gasteiger partial charge in [0.25, 0.3) is 0 Å². The Labute approximate surface area is 80.5 Å². The SMILES string of the molecule is CN1CC=Cc2ccccc2S1=O. The quantitative estimate of drug-likeness (QED) is 0.613. The molecule has 3 heteroatoms. The average molecular weight is 193 g/mol. The van der Waals surface area contributed by atoms with Gasteiger partial charge in [0, 0.05) is 13.6 Å². The van der Waals surface area contributed by atoms with Crippen molar-refractivity contribution in [1.82, 2.24) is 4.31 Å². The van der Waals surface area contributed by atoms with E-state index in [0.29, 0.717) is 0 Å². The van der Waals surface area contributed by atoms with Crippen molar-refractivity contribution in [3.63, 3.8) is 0 Å². The van der Waals surface area contributed by atoms with E-state index < -0.39 is 11.0 Å². The van der Waals surface area contributed by atoms with Crippen LogP contribution >= 0.6 is 0 Å². The molecule has 1 heterocycles. The molecule has 0 aliphatic carbocycles. The van der Waals surface area contributed by atoms with Gasteiger partial charge < -0.3 is 0 Å². The van der Waals surface area contributed by atoms with Crippen molar-refractivity contribution in [3.8, 4) is 0 Å². The summed E-state index contributed by atoms with van der Waals surface area (Å²) in [6, 6.07) is 7.79. The Bertz CT molecular complexity index is 373. The number of nitrogens with zero attached hydrogens (tertiary/aromatic N) is 1. The second-order valence-corrected chi connectivity index (χ2v) is 4.56. The summed E-state index contributed by atoms with van der Waals surface area (Å²) < 4.78 is 13.7. The highest BCUT2D eigenvalue weighted by atomic mass is 32.2. The summed E-state index contributed by atoms with van der Waals surface area (Å²) in [5.41, 5.74) is 1.06. The van der Waals surface area contributed by atoms with Crippen LogP contribution in [-0.4, -0.2) is 22.1 Å². The van der Waals surface area contributed by atoms with E-state index in [2.05, 4.69) is 0 Å². The summed E-state index contributed by atoms with van der Waals surface area (Å²) >= 11 is 0. The zero-order valence-electron chi connectivity index (χ0n) is 7.43. The molecule has 1 aliphatic rings. The Morgan fingerprint density at radius 1 is 1.38 bits per heavy atom. The monoisotopic (exact) mass is 193 g/mol. The van der Waals surface area contributed by atoms with Crippen LogP contribution in [0.1, 0.15) is 5.56 Å². The molecular formula is C10H11NOS. The first-order valence-corrected chi connectivity index (χ1v) is 5.28. The van der Waals surface area contributed by atoms with Crippen LogP contribution in [0.5, 0.6) is 0 Å². The number of rotatable bonds is 0. The topological polar surface area (TPSA) is 20.3 Å². The molecule has 0 aromatic heterocycles. The van der Waals surface area contributed by atoms with Crippen LogP contribution in [0.2, 0.25) is 0 Å². The number of hydrogen-bond acceptors (Lipinski definition) is 1. The Morgan fingerprint density at radius 2 is 2.15 bits per heavy atom. The zero-order valence-corrected chi connectivity index (χ0v) is 8.25. The van der Waals surface area contributed by atoms with Crippen molar-refractivity contribution in [3.05, 3.63) is 35.9 Å². The fraction of sp³-hybridized carbons (Fsp3) is 0.200. The van der Waals surface area contributed by atoms with E-state index in [1.54, 1.807) is 0 Å². The van der Waals surface area contributed by atoms with Crippen molar-refractivity contribution in [2.75, 3.05) is 13.6 Å². The Morgan fingerprint density at radius 3 is 3.00 bits per heavy atom. The second-order valence-electron chi connectivity index (χ2n) is 3.00. The molecule has 68 valence electrons. The van der Waals surface area contributed by atoms with E-state index in [4.69, 9.17) is 0 Å². The Kier molecular flexibility index (Phi) is 2.29. The van der Waals surface area contributed by atoms with Gasteiger partial charge in [-0.15, -0.1) is 0 Å². The standard InChI is InChI=1S/C10H11NOS/c1-11-8-4-6-9-5-2-3-7-10(9)13(11)12/h2-7H,8H2,1H3. The lowest BCUT2D eigenvalue weighted by molar-refractivity contribution is 0.571. The predicted octanol–water partition coefficient (Wildman–Crippen LogP) is 1.67. The molecule has 0 N–H and O–H groups in total. The third kappa shape index (κ3) is 1.57. The maximum Gasteiger partial charge on any atom is 0.128 e. The van der Waals surface area contributed by atoms with Gasteiger partial charge in [0.05, 0.1) is 4.90 Å². The maximum absolute atomic E-state index is 11.8. The van der Waals surface area contributed by atoms with Gasteiger partial charge in [-0.3, -0.25) is 0 Å².